The topological polar surface area (TPSA) is 117 Å². The van der Waals surface area contributed by atoms with Crippen LogP contribution in [-0.2, 0) is 0 Å². The smallest absolute Gasteiger partial charge is 0.257 e. The number of anilines is 1. The van der Waals surface area contributed by atoms with Crippen molar-refractivity contribution in [3.05, 3.63) is 53.6 Å². The van der Waals surface area contributed by atoms with Gasteiger partial charge in [-0.15, -0.1) is 0 Å². The fourth-order valence-corrected chi connectivity index (χ4v) is 4.14. The lowest BCUT2D eigenvalue weighted by atomic mass is 10.1. The van der Waals surface area contributed by atoms with Crippen LogP contribution in [0.3, 0.4) is 0 Å². The zero-order valence-electron chi connectivity index (χ0n) is 21.0. The Kier molecular flexibility index (Phi) is 7.99. The lowest BCUT2D eigenvalue weighted by Crippen LogP contribution is -2.25. The number of nitrogens with one attached hydrogen (secondary N) is 1. The van der Waals surface area contributed by atoms with Gasteiger partial charge in [-0.2, -0.15) is 9.78 Å². The number of aromatic nitrogens is 3. The maximum absolute atomic E-state index is 13.2. The lowest BCUT2D eigenvalue weighted by molar-refractivity contribution is 0.0955. The molecule has 2 aromatic carbocycles. The Morgan fingerprint density at radius 2 is 1.78 bits per heavy atom. The minimum absolute atomic E-state index is 0.168. The summed E-state index contributed by atoms with van der Waals surface area (Å²) in [5, 5.41) is 7.57. The first kappa shape index (κ1) is 25.0. The number of para-hydroxylation sites is 3. The molecule has 0 aliphatic rings. The molecule has 2 aromatic heterocycles. The Hall–Kier alpha value is -4.14. The predicted molar refractivity (Wildman–Crippen MR) is 143 cm³/mol. The van der Waals surface area contributed by atoms with Crippen LogP contribution in [-0.4, -0.2) is 47.5 Å². The third kappa shape index (κ3) is 5.10. The molecule has 0 fully saturated rings. The highest BCUT2D eigenvalue weighted by atomic mass is 16.5. The second-order valence-electron chi connectivity index (χ2n) is 8.45. The molecule has 3 N–H and O–H groups in total. The van der Waals surface area contributed by atoms with Crippen LogP contribution in [0.5, 0.6) is 11.5 Å². The van der Waals surface area contributed by atoms with Crippen LogP contribution < -0.4 is 20.5 Å². The number of nitrogen functional groups attached to an aromatic ring is 1. The standard InChI is InChI=1S/C27H32N6O3/c1-4-5-6-7-10-16-29-27(34)22-23-26(32-20-14-9-8-13-19(20)31-23)33(25(22)28)30-17-18-12-11-15-21(35-2)24(18)36-3/h8-9,11-15,17H,4-7,10,16,28H2,1-3H3,(H,29,34). The van der Waals surface area contributed by atoms with E-state index in [2.05, 4.69) is 17.3 Å². The van der Waals surface area contributed by atoms with Crippen molar-refractivity contribution < 1.29 is 14.3 Å². The minimum Gasteiger partial charge on any atom is -0.493 e. The normalized spacial score (nSPS) is 11.4. The summed E-state index contributed by atoms with van der Waals surface area (Å²) in [5.41, 5.74) is 9.61. The van der Waals surface area contributed by atoms with Crippen LogP contribution in [0, 0.1) is 0 Å². The van der Waals surface area contributed by atoms with Crippen molar-refractivity contribution in [1.29, 1.82) is 0 Å². The van der Waals surface area contributed by atoms with E-state index < -0.39 is 0 Å². The van der Waals surface area contributed by atoms with E-state index in [1.165, 1.54) is 17.5 Å². The van der Waals surface area contributed by atoms with E-state index in [9.17, 15) is 4.79 Å². The molecule has 0 aliphatic heterocycles. The Labute approximate surface area is 210 Å². The Morgan fingerprint density at radius 3 is 2.50 bits per heavy atom. The average molecular weight is 489 g/mol. The Bertz CT molecular complexity index is 1400. The number of hydrogen-bond donors (Lipinski definition) is 2. The average Bonchev–Trinajstić information content (AvgIpc) is 3.17. The molecule has 2 heterocycles. The molecule has 0 radical (unpaired) electrons. The Morgan fingerprint density at radius 1 is 1.03 bits per heavy atom. The van der Waals surface area contributed by atoms with Crippen molar-refractivity contribution in [2.45, 2.75) is 39.0 Å². The van der Waals surface area contributed by atoms with Gasteiger partial charge < -0.3 is 20.5 Å². The molecule has 0 atom stereocenters. The molecule has 0 unspecified atom stereocenters. The van der Waals surface area contributed by atoms with Crippen molar-refractivity contribution in [2.75, 3.05) is 26.5 Å². The van der Waals surface area contributed by atoms with Gasteiger partial charge in [0.2, 0.25) is 0 Å². The van der Waals surface area contributed by atoms with Gasteiger partial charge in [0.1, 0.15) is 16.9 Å². The van der Waals surface area contributed by atoms with Crippen LogP contribution >= 0.6 is 0 Å². The number of rotatable bonds is 11. The van der Waals surface area contributed by atoms with Crippen molar-refractivity contribution >= 4 is 40.1 Å². The molecular formula is C27H32N6O3. The highest BCUT2D eigenvalue weighted by Gasteiger charge is 2.24. The Balaban J connectivity index is 1.74. The maximum Gasteiger partial charge on any atom is 0.257 e. The maximum atomic E-state index is 13.2. The lowest BCUT2D eigenvalue weighted by Gasteiger charge is -2.09. The van der Waals surface area contributed by atoms with Gasteiger partial charge in [0.05, 0.1) is 31.5 Å². The van der Waals surface area contributed by atoms with E-state index in [1.807, 2.05) is 36.4 Å². The summed E-state index contributed by atoms with van der Waals surface area (Å²) in [7, 11) is 3.14. The summed E-state index contributed by atoms with van der Waals surface area (Å²) in [6, 6.07) is 13.0. The van der Waals surface area contributed by atoms with E-state index >= 15 is 0 Å². The second kappa shape index (κ2) is 11.5. The fraction of sp³-hybridized carbons (Fsp3) is 0.333. The zero-order valence-corrected chi connectivity index (χ0v) is 21.0. The van der Waals surface area contributed by atoms with Crippen molar-refractivity contribution in [2.24, 2.45) is 5.10 Å². The molecule has 0 bridgehead atoms. The number of amides is 1. The first-order valence-corrected chi connectivity index (χ1v) is 12.2. The summed E-state index contributed by atoms with van der Waals surface area (Å²) in [6.07, 6.45) is 7.12. The second-order valence-corrected chi connectivity index (χ2v) is 8.45. The van der Waals surface area contributed by atoms with E-state index in [1.54, 1.807) is 26.5 Å². The molecule has 0 spiro atoms. The number of fused-ring (bicyclic) bond motifs is 2. The third-order valence-corrected chi connectivity index (χ3v) is 6.01. The van der Waals surface area contributed by atoms with Crippen LogP contribution in [0.2, 0.25) is 0 Å². The molecule has 9 nitrogen and oxygen atoms in total. The summed E-state index contributed by atoms with van der Waals surface area (Å²) < 4.78 is 12.3. The molecule has 4 aromatic rings. The molecule has 9 heteroatoms. The number of unbranched alkanes of at least 4 members (excludes halogenated alkanes) is 4. The van der Waals surface area contributed by atoms with Gasteiger partial charge in [-0.25, -0.2) is 9.97 Å². The predicted octanol–water partition coefficient (Wildman–Crippen LogP) is 4.77. The number of benzene rings is 2. The van der Waals surface area contributed by atoms with Crippen molar-refractivity contribution in [3.8, 4) is 11.5 Å². The quantitative estimate of drug-likeness (QED) is 0.232. The SMILES string of the molecule is CCCCCCCNC(=O)c1c(N)n(N=Cc2cccc(OC)c2OC)c2nc3ccccc3nc12. The van der Waals surface area contributed by atoms with E-state index in [0.717, 1.165) is 19.3 Å². The molecule has 4 rings (SSSR count). The van der Waals surface area contributed by atoms with Gasteiger partial charge in [0.25, 0.3) is 5.91 Å². The molecule has 0 saturated carbocycles. The largest absolute Gasteiger partial charge is 0.493 e. The number of hydrogen-bond acceptors (Lipinski definition) is 7. The minimum atomic E-state index is -0.287. The summed E-state index contributed by atoms with van der Waals surface area (Å²) in [6.45, 7) is 2.75. The summed E-state index contributed by atoms with van der Waals surface area (Å²) in [5.74, 6) is 1.00. The number of nitrogens with two attached hydrogens (primary N) is 1. The highest BCUT2D eigenvalue weighted by molar-refractivity contribution is 6.10. The van der Waals surface area contributed by atoms with Gasteiger partial charge in [-0.1, -0.05) is 50.8 Å². The van der Waals surface area contributed by atoms with Gasteiger partial charge in [-0.3, -0.25) is 4.79 Å². The van der Waals surface area contributed by atoms with E-state index in [4.69, 9.17) is 25.2 Å². The van der Waals surface area contributed by atoms with Crippen LogP contribution in [0.1, 0.15) is 54.9 Å². The van der Waals surface area contributed by atoms with Gasteiger partial charge in [0.15, 0.2) is 17.1 Å². The zero-order chi connectivity index (χ0) is 25.5. The van der Waals surface area contributed by atoms with Crippen LogP contribution in [0.15, 0.2) is 47.6 Å². The number of ether oxygens (including phenoxy) is 2. The fourth-order valence-electron chi connectivity index (χ4n) is 4.14. The molecular weight excluding hydrogens is 456 g/mol. The molecule has 0 aliphatic carbocycles. The van der Waals surface area contributed by atoms with Crippen LogP contribution in [0.4, 0.5) is 5.82 Å². The van der Waals surface area contributed by atoms with E-state index in [0.29, 0.717) is 45.8 Å². The molecule has 1 amide bonds. The summed E-state index contributed by atoms with van der Waals surface area (Å²) in [4.78, 5) is 22.7. The molecule has 36 heavy (non-hydrogen) atoms. The molecule has 188 valence electrons. The van der Waals surface area contributed by atoms with Crippen molar-refractivity contribution in [1.82, 2.24) is 20.0 Å². The molecule has 0 saturated heterocycles. The highest BCUT2D eigenvalue weighted by Crippen LogP contribution is 2.31. The summed E-state index contributed by atoms with van der Waals surface area (Å²) >= 11 is 0. The number of carbonyl (C=O) groups excluding carboxylic acids is 1. The first-order valence-electron chi connectivity index (χ1n) is 12.2. The monoisotopic (exact) mass is 488 g/mol. The number of carbonyl (C=O) groups is 1. The number of methoxy groups -OCH3 is 2. The van der Waals surface area contributed by atoms with Gasteiger partial charge in [-0.05, 0) is 30.7 Å². The van der Waals surface area contributed by atoms with Gasteiger partial charge >= 0.3 is 0 Å². The third-order valence-electron chi connectivity index (χ3n) is 6.01. The number of nitrogens with zero attached hydrogens (tertiary/aromatic N) is 4. The first-order chi connectivity index (χ1) is 17.6. The van der Waals surface area contributed by atoms with Gasteiger partial charge in [0, 0.05) is 12.1 Å². The van der Waals surface area contributed by atoms with Crippen LogP contribution in [0.25, 0.3) is 22.2 Å². The van der Waals surface area contributed by atoms with E-state index in [-0.39, 0.29) is 17.3 Å². The van der Waals surface area contributed by atoms with Crippen molar-refractivity contribution in [3.63, 3.8) is 0 Å².